The quantitative estimate of drug-likeness (QED) is 0.0149. The Morgan fingerprint density at radius 2 is 0.653 bits per heavy atom. The van der Waals surface area contributed by atoms with Crippen LogP contribution in [0.1, 0.15) is 252 Å². The predicted octanol–water partition coefficient (Wildman–Crippen LogP) is 30.5. The van der Waals surface area contributed by atoms with Gasteiger partial charge in [0.05, 0.1) is 62.8 Å². The summed E-state index contributed by atoms with van der Waals surface area (Å²) in [4.78, 5) is 110. The van der Waals surface area contributed by atoms with Crippen LogP contribution in [0.25, 0.3) is 0 Å². The maximum absolute atomic E-state index is 12.9. The average molecular weight is 2240 g/mol. The molecule has 33 heteroatoms. The Morgan fingerprint density at radius 3 is 0.967 bits per heavy atom. The maximum atomic E-state index is 12.9. The zero-order valence-electron chi connectivity index (χ0n) is 92.2. The number of pyridine rings is 7. The molecule has 7 aromatic heterocycles. The molecule has 0 amide bonds. The van der Waals surface area contributed by atoms with Gasteiger partial charge < -0.3 is 41.7 Å². The highest BCUT2D eigenvalue weighted by atomic mass is 35.5. The van der Waals surface area contributed by atoms with Crippen molar-refractivity contribution in [3.8, 4) is 41.0 Å². The SMILES string of the molecule is CCc1ccc(C(=O)c2ccc(O[Si](C)(C)C(C)(C)C)c(Cl)c2)nc1OC.CCc1ccc(C(=O)c2ccc(SC)c(Cl)c2)nc1OC.CCc1ccc(C(=O)c2ccc(SC3CC3)cc2)nc1OC.CCc1ccc(C(=O)c2ccc(SCCCO[Si](C)(C)C(C)(C)C)c(Cl)c2)nc1OC.CCc1ccc(C(=O)c2ccc(SCCCO[Si](C)(C)C(C)(C)C)cc2)nc1OC.COc1nc(C(=O)c2ccc(SC)nc2)ccc1C. The van der Waals surface area contributed by atoms with Gasteiger partial charge in [-0.2, -0.15) is 0 Å². The first-order valence-corrected chi connectivity index (χ1v) is 65.2. The number of ketones is 6. The minimum absolute atomic E-state index is 0.0618. The number of benzene rings is 5. The van der Waals surface area contributed by atoms with Gasteiger partial charge in [-0.3, -0.25) is 28.8 Å². The van der Waals surface area contributed by atoms with Crippen LogP contribution < -0.4 is 32.8 Å². The number of ether oxygens (including phenoxy) is 6. The number of methoxy groups -OCH3 is 6. The van der Waals surface area contributed by atoms with Gasteiger partial charge in [-0.15, -0.1) is 58.8 Å². The van der Waals surface area contributed by atoms with E-state index >= 15 is 0 Å². The van der Waals surface area contributed by atoms with E-state index < -0.39 is 25.0 Å². The van der Waals surface area contributed by atoms with Crippen LogP contribution in [0.5, 0.6) is 41.0 Å². The summed E-state index contributed by atoms with van der Waals surface area (Å²) in [5.74, 6) is 4.70. The number of rotatable bonds is 41. The molecule has 0 atom stereocenters. The molecule has 1 aliphatic rings. The zero-order chi connectivity index (χ0) is 111. The summed E-state index contributed by atoms with van der Waals surface area (Å²) in [5.41, 5.74) is 11.4. The van der Waals surface area contributed by atoms with Gasteiger partial charge in [-0.05, 0) is 283 Å². The maximum Gasteiger partial charge on any atom is 0.250 e. The normalized spacial score (nSPS) is 11.9. The first-order valence-electron chi connectivity index (χ1n) is 50.1. The van der Waals surface area contributed by atoms with Crippen molar-refractivity contribution >= 4 is 153 Å². The van der Waals surface area contributed by atoms with E-state index in [2.05, 4.69) is 136 Å². The van der Waals surface area contributed by atoms with Gasteiger partial charge in [0.15, 0.2) is 16.6 Å². The molecule has 0 spiro atoms. The smallest absolute Gasteiger partial charge is 0.250 e. The zero-order valence-corrected chi connectivity index (χ0v) is 102. The number of carbonyl (C=O) groups excluding carboxylic acids is 6. The summed E-state index contributed by atoms with van der Waals surface area (Å²) >= 11 is 27.5. The van der Waals surface area contributed by atoms with Crippen molar-refractivity contribution < 1.29 is 70.5 Å². The topological polar surface area (TPSA) is 276 Å². The second-order valence-electron chi connectivity index (χ2n) is 39.7. The van der Waals surface area contributed by atoms with Crippen LogP contribution in [0.4, 0.5) is 0 Å². The molecule has 0 aliphatic heterocycles. The number of carbonyl (C=O) groups is 6. The van der Waals surface area contributed by atoms with E-state index in [-0.39, 0.29) is 49.8 Å². The van der Waals surface area contributed by atoms with Gasteiger partial charge in [-0.25, -0.2) is 34.9 Å². The molecule has 22 nitrogen and oxygen atoms in total. The molecule has 1 fully saturated rings. The number of halogens is 3. The van der Waals surface area contributed by atoms with Crippen LogP contribution in [0.15, 0.2) is 219 Å². The number of nitrogens with zero attached hydrogens (tertiary/aromatic N) is 7. The lowest BCUT2D eigenvalue weighted by molar-refractivity contribution is 0.102. The van der Waals surface area contributed by atoms with Crippen molar-refractivity contribution in [2.45, 2.75) is 246 Å². The van der Waals surface area contributed by atoms with E-state index in [0.717, 1.165) is 128 Å². The van der Waals surface area contributed by atoms with Gasteiger partial charge >= 0.3 is 0 Å². The van der Waals surface area contributed by atoms with Crippen LogP contribution in [0, 0.1) is 6.92 Å². The molecular weight excluding hydrogens is 2090 g/mol. The average Bonchev–Trinajstić information content (AvgIpc) is 1.14. The Labute approximate surface area is 928 Å². The number of hydrogen-bond acceptors (Lipinski definition) is 27. The van der Waals surface area contributed by atoms with Crippen LogP contribution in [-0.2, 0) is 41.0 Å². The Kier molecular flexibility index (Phi) is 49.1. The lowest BCUT2D eigenvalue weighted by atomic mass is 10.1. The summed E-state index contributed by atoms with van der Waals surface area (Å²) < 4.78 is 50.3. The molecule has 12 aromatic rings. The third-order valence-corrected chi connectivity index (χ3v) is 45.7. The van der Waals surface area contributed by atoms with Gasteiger partial charge in [-0.1, -0.05) is 168 Å². The van der Waals surface area contributed by atoms with Gasteiger partial charge in [0.25, 0.3) is 8.32 Å². The Bertz CT molecular complexity index is 6570. The second kappa shape index (κ2) is 58.9. The van der Waals surface area contributed by atoms with E-state index in [1.54, 1.807) is 163 Å². The molecule has 7 heterocycles. The second-order valence-corrected chi connectivity index (χ2v) is 60.6. The fraction of sp³-hybridized carbons (Fsp3) is 0.393. The largest absolute Gasteiger partial charge is 0.543 e. The molecule has 802 valence electrons. The highest BCUT2D eigenvalue weighted by Gasteiger charge is 2.41. The van der Waals surface area contributed by atoms with E-state index in [1.807, 2.05) is 175 Å². The number of aryl methyl sites for hydroxylation is 6. The lowest BCUT2D eigenvalue weighted by Gasteiger charge is -2.36. The van der Waals surface area contributed by atoms with Crippen LogP contribution in [-0.4, -0.2) is 180 Å². The fourth-order valence-electron chi connectivity index (χ4n) is 13.6. The Hall–Kier alpha value is -10.0. The predicted molar refractivity (Wildman–Crippen MR) is 626 cm³/mol. The van der Waals surface area contributed by atoms with Crippen LogP contribution in [0.3, 0.4) is 0 Å². The molecule has 5 aromatic carbocycles. The third kappa shape index (κ3) is 36.0. The molecule has 0 N–H and O–H groups in total. The van der Waals surface area contributed by atoms with E-state index in [9.17, 15) is 28.8 Å². The number of aromatic nitrogens is 7. The highest BCUT2D eigenvalue weighted by Crippen LogP contribution is 2.44. The standard InChI is InChI=1S/C24H34ClNO3SSi.C24H35NO3SSi.C21H28ClNO3Si.C18H19NO2S.C16H16ClNO2S.C14H14N2O2S/c1-8-17-10-12-20(26-23(17)28-5)22(27)18-11-13-21(19(25)16-18)30-15-9-14-29-31(6,7)24(2,3)4;1-8-18-12-15-21(25-23(18)27-5)22(26)19-10-13-20(14-11-19)29-17-9-16-28-30(6,7)24(2,3)4;1-8-14-9-11-17(23-20(14)25-5)19(24)15-10-12-18(16(22)13-15)26-27(6,7)21(2,3)4;1-3-12-6-11-16(19-18(12)21-2)17(20)13-4-7-14(8-5-13)22-15-9-10-15;1-4-10-5-7-13(18-16(10)20-2)15(19)11-6-8-14(21-3)12(17)9-11;1-9-4-6-11(16-14(9)18-2)13(17)10-5-7-12(19-3)15-8-10/h10-13,16H,8-9,14-15H2,1-7H3;10-15H,8-9,16-17H2,1-7H3;9-13H,8H2,1-7H3;4-8,11,15H,3,9-10H2,1-2H3;5-9H,4H2,1-3H3;4-8H,1-3H3. The first-order chi connectivity index (χ1) is 71.0. The summed E-state index contributed by atoms with van der Waals surface area (Å²) in [7, 11) is 4.02. The summed E-state index contributed by atoms with van der Waals surface area (Å²) in [5, 5.41) is 3.78. The van der Waals surface area contributed by atoms with Crippen molar-refractivity contribution in [1.29, 1.82) is 0 Å². The molecule has 1 saturated carbocycles. The van der Waals surface area contributed by atoms with E-state index in [0.29, 0.717) is 124 Å². The van der Waals surface area contributed by atoms with Gasteiger partial charge in [0.1, 0.15) is 39.9 Å². The van der Waals surface area contributed by atoms with Crippen molar-refractivity contribution in [1.82, 2.24) is 34.9 Å². The van der Waals surface area contributed by atoms with Gasteiger partial charge in [0.2, 0.25) is 70.0 Å². The lowest BCUT2D eigenvalue weighted by Crippen LogP contribution is -2.43. The molecular formula is C117H146Cl3N7O15S5Si3. The van der Waals surface area contributed by atoms with Crippen molar-refractivity contribution in [2.75, 3.05) is 79.9 Å². The van der Waals surface area contributed by atoms with Crippen LogP contribution >= 0.6 is 93.6 Å². The van der Waals surface area contributed by atoms with Crippen LogP contribution in [0.2, 0.25) is 69.5 Å². The Morgan fingerprint density at radius 1 is 0.347 bits per heavy atom. The molecule has 0 unspecified atom stereocenters. The van der Waals surface area contributed by atoms with E-state index in [4.69, 9.17) is 76.5 Å². The van der Waals surface area contributed by atoms with E-state index in [1.165, 1.54) is 29.5 Å². The minimum Gasteiger partial charge on any atom is -0.543 e. The molecule has 0 bridgehead atoms. The molecule has 0 radical (unpaired) electrons. The van der Waals surface area contributed by atoms with Crippen molar-refractivity contribution in [2.24, 2.45) is 0 Å². The van der Waals surface area contributed by atoms with Crippen molar-refractivity contribution in [3.05, 3.63) is 310 Å². The summed E-state index contributed by atoms with van der Waals surface area (Å²) in [6.07, 6.45) is 14.1. The molecule has 150 heavy (non-hydrogen) atoms. The number of thioether (sulfide) groups is 5. The molecule has 13 rings (SSSR count). The van der Waals surface area contributed by atoms with Crippen molar-refractivity contribution in [3.63, 3.8) is 0 Å². The summed E-state index contributed by atoms with van der Waals surface area (Å²) in [6, 6.07) is 56.7. The first kappa shape index (κ1) is 125. The van der Waals surface area contributed by atoms with Gasteiger partial charge in [0, 0.05) is 123 Å². The minimum atomic E-state index is -2.01. The molecule has 0 saturated heterocycles. The number of hydrogen-bond donors (Lipinski definition) is 0. The highest BCUT2D eigenvalue weighted by molar-refractivity contribution is 8.00. The fourth-order valence-corrected chi connectivity index (χ4v) is 21.4. The molecule has 1 aliphatic carbocycles. The summed E-state index contributed by atoms with van der Waals surface area (Å²) in [6.45, 7) is 47.1. The Balaban J connectivity index is 0.000000221. The monoisotopic (exact) mass is 2240 g/mol. The third-order valence-electron chi connectivity index (χ3n) is 26.1.